The highest BCUT2D eigenvalue weighted by atomic mass is 19.1. The second-order valence-corrected chi connectivity index (χ2v) is 7.85. The van der Waals surface area contributed by atoms with Gasteiger partial charge in [0.2, 0.25) is 5.91 Å². The zero-order chi connectivity index (χ0) is 21.6. The van der Waals surface area contributed by atoms with Crippen LogP contribution in [0.1, 0.15) is 27.2 Å². The fourth-order valence-corrected chi connectivity index (χ4v) is 2.98. The van der Waals surface area contributed by atoms with Crippen LogP contribution in [0.3, 0.4) is 0 Å². The number of hydrogen-bond donors (Lipinski definition) is 2. The number of hydrogen-bond acceptors (Lipinski definition) is 6. The number of carbonyl (C=O) groups is 3. The summed E-state index contributed by atoms with van der Waals surface area (Å²) in [6.45, 7) is 6.94. The molecule has 1 unspecified atom stereocenters. The van der Waals surface area contributed by atoms with Crippen LogP contribution in [0, 0.1) is 11.2 Å². The van der Waals surface area contributed by atoms with Gasteiger partial charge >= 0.3 is 6.09 Å². The van der Waals surface area contributed by atoms with Gasteiger partial charge in [-0.3, -0.25) is 14.5 Å². The van der Waals surface area contributed by atoms with Gasteiger partial charge in [0.05, 0.1) is 11.8 Å². The Bertz CT molecular complexity index is 753. The molecule has 1 heterocycles. The van der Waals surface area contributed by atoms with Crippen LogP contribution in [0.4, 0.5) is 14.9 Å². The molecule has 1 fully saturated rings. The lowest BCUT2D eigenvalue weighted by molar-refractivity contribution is -0.117. The van der Waals surface area contributed by atoms with E-state index in [1.807, 2.05) is 4.90 Å². The molecule has 2 amide bonds. The first-order valence-electron chi connectivity index (χ1n) is 9.40. The Morgan fingerprint density at radius 1 is 1.21 bits per heavy atom. The zero-order valence-corrected chi connectivity index (χ0v) is 16.9. The molecule has 1 aromatic rings. The van der Waals surface area contributed by atoms with E-state index in [2.05, 4.69) is 5.32 Å². The fourth-order valence-electron chi connectivity index (χ4n) is 2.98. The van der Waals surface area contributed by atoms with E-state index in [1.165, 1.54) is 24.3 Å². The van der Waals surface area contributed by atoms with E-state index in [9.17, 15) is 18.8 Å². The molecule has 1 aliphatic rings. The Kier molecular flexibility index (Phi) is 7.44. The van der Waals surface area contributed by atoms with Crippen molar-refractivity contribution in [1.29, 1.82) is 5.41 Å². The SMILES string of the molecule is CC(C)(C)OC(=O)N1CCN(C(CC(=O)Nc2ccc(F)cc2)C(=N)C=O)CC1. The van der Waals surface area contributed by atoms with Gasteiger partial charge in [-0.25, -0.2) is 9.18 Å². The number of piperazine rings is 1. The molecule has 1 aromatic carbocycles. The second kappa shape index (κ2) is 9.60. The van der Waals surface area contributed by atoms with Crippen molar-refractivity contribution < 1.29 is 23.5 Å². The van der Waals surface area contributed by atoms with Crippen LogP contribution < -0.4 is 5.32 Å². The van der Waals surface area contributed by atoms with Crippen LogP contribution >= 0.6 is 0 Å². The molecule has 0 radical (unpaired) electrons. The van der Waals surface area contributed by atoms with Crippen molar-refractivity contribution in [2.75, 3.05) is 31.5 Å². The van der Waals surface area contributed by atoms with Crippen molar-refractivity contribution >= 4 is 29.7 Å². The van der Waals surface area contributed by atoms with Crippen LogP contribution in [0.5, 0.6) is 0 Å². The third-order valence-corrected chi connectivity index (χ3v) is 4.40. The summed E-state index contributed by atoms with van der Waals surface area (Å²) < 4.78 is 18.3. The first-order chi connectivity index (χ1) is 13.6. The topological polar surface area (TPSA) is 103 Å². The van der Waals surface area contributed by atoms with Crippen LogP contribution in [0.25, 0.3) is 0 Å². The molecule has 1 aliphatic heterocycles. The van der Waals surface area contributed by atoms with E-state index >= 15 is 0 Å². The number of nitrogens with one attached hydrogen (secondary N) is 2. The maximum atomic E-state index is 13.0. The molecule has 8 nitrogen and oxygen atoms in total. The van der Waals surface area contributed by atoms with Crippen molar-refractivity contribution in [1.82, 2.24) is 9.80 Å². The van der Waals surface area contributed by atoms with Gasteiger partial charge in [0.1, 0.15) is 11.4 Å². The lowest BCUT2D eigenvalue weighted by atomic mass is 10.1. The van der Waals surface area contributed by atoms with Crippen molar-refractivity contribution in [3.63, 3.8) is 0 Å². The number of carbonyl (C=O) groups excluding carboxylic acids is 3. The Hall–Kier alpha value is -2.81. The normalized spacial score (nSPS) is 16.1. The molecule has 2 N–H and O–H groups in total. The van der Waals surface area contributed by atoms with E-state index in [0.29, 0.717) is 38.2 Å². The van der Waals surface area contributed by atoms with Gasteiger partial charge in [-0.15, -0.1) is 0 Å². The summed E-state index contributed by atoms with van der Waals surface area (Å²) in [6, 6.07) is 4.64. The molecule has 29 heavy (non-hydrogen) atoms. The summed E-state index contributed by atoms with van der Waals surface area (Å²) in [4.78, 5) is 39.1. The smallest absolute Gasteiger partial charge is 0.410 e. The number of ether oxygens (including phenoxy) is 1. The van der Waals surface area contributed by atoms with Gasteiger partial charge in [-0.05, 0) is 45.0 Å². The summed E-state index contributed by atoms with van der Waals surface area (Å²) in [6.07, 6.45) is -0.0782. The molecule has 158 valence electrons. The highest BCUT2D eigenvalue weighted by molar-refractivity contribution is 6.29. The Labute approximate surface area is 169 Å². The quantitative estimate of drug-likeness (QED) is 0.557. The molecule has 2 rings (SSSR count). The first kappa shape index (κ1) is 22.5. The maximum absolute atomic E-state index is 13.0. The Morgan fingerprint density at radius 3 is 2.31 bits per heavy atom. The lowest BCUT2D eigenvalue weighted by Crippen LogP contribution is -2.55. The average molecular weight is 406 g/mol. The molecule has 0 bridgehead atoms. The zero-order valence-electron chi connectivity index (χ0n) is 16.9. The van der Waals surface area contributed by atoms with Crippen molar-refractivity contribution in [2.45, 2.75) is 38.8 Å². The molecule has 0 aromatic heterocycles. The molecule has 1 saturated heterocycles. The number of halogens is 1. The minimum absolute atomic E-state index is 0.0958. The van der Waals surface area contributed by atoms with Crippen molar-refractivity contribution in [2.24, 2.45) is 0 Å². The minimum Gasteiger partial charge on any atom is -0.444 e. The summed E-state index contributed by atoms with van der Waals surface area (Å²) in [5, 5.41) is 10.6. The molecular formula is C20H27FN4O4. The number of amides is 2. The highest BCUT2D eigenvalue weighted by Gasteiger charge is 2.31. The number of nitrogens with zero attached hydrogens (tertiary/aromatic N) is 2. The van der Waals surface area contributed by atoms with Gasteiger partial charge < -0.3 is 20.4 Å². The van der Waals surface area contributed by atoms with E-state index < -0.39 is 23.6 Å². The summed E-state index contributed by atoms with van der Waals surface area (Å²) in [5.74, 6) is -0.797. The van der Waals surface area contributed by atoms with Crippen LogP contribution in [-0.4, -0.2) is 71.6 Å². The lowest BCUT2D eigenvalue weighted by Gasteiger charge is -2.39. The van der Waals surface area contributed by atoms with E-state index in [-0.39, 0.29) is 18.0 Å². The van der Waals surface area contributed by atoms with Crippen LogP contribution in [0.15, 0.2) is 24.3 Å². The number of rotatable bonds is 6. The number of benzene rings is 1. The van der Waals surface area contributed by atoms with E-state index in [4.69, 9.17) is 10.1 Å². The van der Waals surface area contributed by atoms with Gasteiger partial charge in [0.15, 0.2) is 6.29 Å². The standard InChI is InChI=1S/C20H27FN4O4/c1-20(2,3)29-19(28)25-10-8-24(9-11-25)17(16(22)13-26)12-18(27)23-15-6-4-14(21)5-7-15/h4-7,13,17,22H,8-12H2,1-3H3,(H,23,27). The molecule has 0 aliphatic carbocycles. The molecular weight excluding hydrogens is 379 g/mol. The minimum atomic E-state index is -0.700. The predicted molar refractivity (Wildman–Crippen MR) is 107 cm³/mol. The molecule has 1 atom stereocenters. The third kappa shape index (κ3) is 6.94. The van der Waals surface area contributed by atoms with Gasteiger partial charge in [-0.2, -0.15) is 0 Å². The van der Waals surface area contributed by atoms with Gasteiger partial charge in [0.25, 0.3) is 0 Å². The largest absolute Gasteiger partial charge is 0.444 e. The second-order valence-electron chi connectivity index (χ2n) is 7.85. The molecule has 9 heteroatoms. The molecule has 0 spiro atoms. The number of aldehydes is 1. The third-order valence-electron chi connectivity index (χ3n) is 4.40. The Morgan fingerprint density at radius 2 is 1.79 bits per heavy atom. The maximum Gasteiger partial charge on any atom is 0.410 e. The van der Waals surface area contributed by atoms with Gasteiger partial charge in [-0.1, -0.05) is 0 Å². The van der Waals surface area contributed by atoms with Gasteiger partial charge in [0, 0.05) is 38.3 Å². The van der Waals surface area contributed by atoms with Crippen LogP contribution in [0.2, 0.25) is 0 Å². The summed E-state index contributed by atoms with van der Waals surface area (Å²) in [7, 11) is 0. The van der Waals surface area contributed by atoms with Crippen molar-refractivity contribution in [3.05, 3.63) is 30.1 Å². The summed E-state index contributed by atoms with van der Waals surface area (Å²) >= 11 is 0. The van der Waals surface area contributed by atoms with Crippen LogP contribution in [-0.2, 0) is 14.3 Å². The first-order valence-corrected chi connectivity index (χ1v) is 9.40. The van der Waals surface area contributed by atoms with E-state index in [1.54, 1.807) is 25.7 Å². The Balaban J connectivity index is 1.96. The monoisotopic (exact) mass is 406 g/mol. The summed E-state index contributed by atoms with van der Waals surface area (Å²) in [5.41, 5.74) is -0.359. The fraction of sp³-hybridized carbons (Fsp3) is 0.500. The highest BCUT2D eigenvalue weighted by Crippen LogP contribution is 2.16. The average Bonchev–Trinajstić information content (AvgIpc) is 2.66. The van der Waals surface area contributed by atoms with E-state index in [0.717, 1.165) is 0 Å². The van der Waals surface area contributed by atoms with Crippen molar-refractivity contribution in [3.8, 4) is 0 Å². The molecule has 0 saturated carbocycles. The predicted octanol–water partition coefficient (Wildman–Crippen LogP) is 2.29. The number of anilines is 1.